The predicted molar refractivity (Wildman–Crippen MR) is 94.1 cm³/mol. The van der Waals surface area contributed by atoms with Crippen molar-refractivity contribution in [3.63, 3.8) is 0 Å². The molecule has 3 aromatic rings. The number of hydrogen-bond acceptors (Lipinski definition) is 3. The highest BCUT2D eigenvalue weighted by Crippen LogP contribution is 2.26. The van der Waals surface area contributed by atoms with Crippen molar-refractivity contribution in [1.29, 1.82) is 0 Å². The van der Waals surface area contributed by atoms with E-state index < -0.39 is 0 Å². The van der Waals surface area contributed by atoms with Gasteiger partial charge in [0, 0.05) is 24.0 Å². The molecule has 2 heterocycles. The van der Waals surface area contributed by atoms with Gasteiger partial charge in [-0.15, -0.1) is 0 Å². The molecule has 1 N–H and O–H groups in total. The number of fused-ring (bicyclic) bond motifs is 1. The molecule has 1 saturated carbocycles. The Bertz CT molecular complexity index is 850. The number of pyridine rings is 1. The van der Waals surface area contributed by atoms with Crippen LogP contribution in [0, 0.1) is 5.92 Å². The van der Waals surface area contributed by atoms with Gasteiger partial charge in [0.25, 0.3) is 0 Å². The molecule has 1 amide bonds. The van der Waals surface area contributed by atoms with Crippen molar-refractivity contribution in [2.24, 2.45) is 5.92 Å². The van der Waals surface area contributed by atoms with Crippen LogP contribution in [0.5, 0.6) is 0 Å². The van der Waals surface area contributed by atoms with Crippen molar-refractivity contribution < 1.29 is 4.79 Å². The van der Waals surface area contributed by atoms with Crippen molar-refractivity contribution >= 4 is 22.6 Å². The van der Waals surface area contributed by atoms with Crippen LogP contribution in [0.25, 0.3) is 16.7 Å². The molecule has 0 spiro atoms. The molecule has 24 heavy (non-hydrogen) atoms. The van der Waals surface area contributed by atoms with E-state index in [-0.39, 0.29) is 11.8 Å². The first-order valence-corrected chi connectivity index (χ1v) is 8.49. The first-order chi connectivity index (χ1) is 11.8. The predicted octanol–water partition coefficient (Wildman–Crippen LogP) is 3.94. The largest absolute Gasteiger partial charge is 0.326 e. The molecule has 0 unspecified atom stereocenters. The Morgan fingerprint density at radius 2 is 1.88 bits per heavy atom. The van der Waals surface area contributed by atoms with Gasteiger partial charge in [-0.25, -0.2) is 4.98 Å². The molecule has 0 atom stereocenters. The number of nitrogens with zero attached hydrogens (tertiary/aromatic N) is 3. The van der Waals surface area contributed by atoms with E-state index in [2.05, 4.69) is 15.3 Å². The Hall–Kier alpha value is -2.69. The van der Waals surface area contributed by atoms with E-state index in [1.807, 2.05) is 34.9 Å². The van der Waals surface area contributed by atoms with Gasteiger partial charge >= 0.3 is 0 Å². The summed E-state index contributed by atoms with van der Waals surface area (Å²) in [6, 6.07) is 9.74. The fourth-order valence-corrected chi connectivity index (χ4v) is 3.40. The van der Waals surface area contributed by atoms with Crippen molar-refractivity contribution in [3.8, 4) is 5.69 Å². The van der Waals surface area contributed by atoms with Gasteiger partial charge < -0.3 is 5.32 Å². The highest BCUT2D eigenvalue weighted by atomic mass is 16.1. The van der Waals surface area contributed by atoms with Gasteiger partial charge in [0.15, 0.2) is 0 Å². The van der Waals surface area contributed by atoms with Gasteiger partial charge in [-0.1, -0.05) is 19.3 Å². The van der Waals surface area contributed by atoms with Crippen LogP contribution in [-0.4, -0.2) is 20.4 Å². The van der Waals surface area contributed by atoms with Crippen LogP contribution in [0.15, 0.2) is 49.1 Å². The lowest BCUT2D eigenvalue weighted by Crippen LogP contribution is -2.24. The summed E-state index contributed by atoms with van der Waals surface area (Å²) in [5.74, 6) is 0.295. The number of nitrogens with one attached hydrogen (secondary N) is 1. The lowest BCUT2D eigenvalue weighted by Gasteiger charge is -2.20. The van der Waals surface area contributed by atoms with Crippen molar-refractivity contribution in [2.75, 3.05) is 5.32 Å². The number of amides is 1. The number of carbonyl (C=O) groups excluding carboxylic acids is 1. The number of hydrogen-bond donors (Lipinski definition) is 1. The van der Waals surface area contributed by atoms with Crippen LogP contribution in [0.3, 0.4) is 0 Å². The topological polar surface area (TPSA) is 59.8 Å². The Morgan fingerprint density at radius 3 is 2.67 bits per heavy atom. The van der Waals surface area contributed by atoms with E-state index in [1.54, 1.807) is 18.7 Å². The van der Waals surface area contributed by atoms with E-state index in [0.717, 1.165) is 48.1 Å². The van der Waals surface area contributed by atoms with Crippen LogP contribution in [-0.2, 0) is 4.79 Å². The molecule has 1 aliphatic rings. The molecule has 122 valence electrons. The number of carbonyl (C=O) groups is 1. The monoisotopic (exact) mass is 320 g/mol. The highest BCUT2D eigenvalue weighted by molar-refractivity contribution is 5.94. The second-order valence-corrected chi connectivity index (χ2v) is 6.35. The van der Waals surface area contributed by atoms with Crippen molar-refractivity contribution in [3.05, 3.63) is 49.1 Å². The number of benzene rings is 1. The van der Waals surface area contributed by atoms with Gasteiger partial charge in [-0.3, -0.25) is 14.3 Å². The molecule has 0 bridgehead atoms. The molecule has 0 aliphatic heterocycles. The molecule has 5 heteroatoms. The van der Waals surface area contributed by atoms with Gasteiger partial charge in [0.05, 0.1) is 16.7 Å². The van der Waals surface area contributed by atoms with Crippen LogP contribution in [0.4, 0.5) is 5.69 Å². The Morgan fingerprint density at radius 1 is 1.08 bits per heavy atom. The van der Waals surface area contributed by atoms with Gasteiger partial charge in [-0.2, -0.15) is 0 Å². The summed E-state index contributed by atoms with van der Waals surface area (Å²) in [4.78, 5) is 20.9. The van der Waals surface area contributed by atoms with E-state index in [0.29, 0.717) is 0 Å². The molecule has 0 radical (unpaired) electrons. The van der Waals surface area contributed by atoms with Crippen LogP contribution >= 0.6 is 0 Å². The highest BCUT2D eigenvalue weighted by Gasteiger charge is 2.21. The Balaban J connectivity index is 1.61. The van der Waals surface area contributed by atoms with Crippen LogP contribution < -0.4 is 5.32 Å². The first kappa shape index (κ1) is 14.9. The molecule has 1 fully saturated rings. The normalized spacial score (nSPS) is 15.5. The fourth-order valence-electron chi connectivity index (χ4n) is 3.40. The maximum atomic E-state index is 12.5. The van der Waals surface area contributed by atoms with E-state index in [1.165, 1.54) is 6.42 Å². The number of anilines is 1. The molecule has 1 aliphatic carbocycles. The van der Waals surface area contributed by atoms with E-state index in [9.17, 15) is 4.79 Å². The minimum atomic E-state index is 0.143. The molecule has 0 saturated heterocycles. The zero-order valence-corrected chi connectivity index (χ0v) is 13.5. The van der Waals surface area contributed by atoms with Crippen molar-refractivity contribution in [1.82, 2.24) is 14.5 Å². The van der Waals surface area contributed by atoms with Gasteiger partial charge in [0.2, 0.25) is 5.91 Å². The zero-order chi connectivity index (χ0) is 16.4. The first-order valence-electron chi connectivity index (χ1n) is 8.49. The quantitative estimate of drug-likeness (QED) is 0.795. The molecule has 5 nitrogen and oxygen atoms in total. The second-order valence-electron chi connectivity index (χ2n) is 6.35. The number of imidazole rings is 1. The minimum absolute atomic E-state index is 0.143. The Kier molecular flexibility index (Phi) is 3.99. The average molecular weight is 320 g/mol. The SMILES string of the molecule is O=C(Nc1ccc2ncn(-c3ccncc3)c2c1)C1CCCCC1. The van der Waals surface area contributed by atoms with E-state index in [4.69, 9.17) is 0 Å². The summed E-state index contributed by atoms with van der Waals surface area (Å²) in [6.07, 6.45) is 10.9. The van der Waals surface area contributed by atoms with E-state index >= 15 is 0 Å². The third-order valence-corrected chi connectivity index (χ3v) is 4.73. The summed E-state index contributed by atoms with van der Waals surface area (Å²) >= 11 is 0. The number of rotatable bonds is 3. The smallest absolute Gasteiger partial charge is 0.227 e. The third-order valence-electron chi connectivity index (χ3n) is 4.73. The lowest BCUT2D eigenvalue weighted by atomic mass is 9.88. The third kappa shape index (κ3) is 2.89. The standard InChI is InChI=1S/C19H20N4O/c24-19(14-4-2-1-3-5-14)22-15-6-7-17-18(12-15)23(13-21-17)16-8-10-20-11-9-16/h6-14H,1-5H2,(H,22,24). The zero-order valence-electron chi connectivity index (χ0n) is 13.5. The number of aromatic nitrogens is 3. The van der Waals surface area contributed by atoms with Crippen LogP contribution in [0.2, 0.25) is 0 Å². The Labute approximate surface area is 140 Å². The van der Waals surface area contributed by atoms with Gasteiger partial charge in [0.1, 0.15) is 6.33 Å². The molecule has 2 aromatic heterocycles. The fraction of sp³-hybridized carbons (Fsp3) is 0.316. The summed E-state index contributed by atoms with van der Waals surface area (Å²) in [7, 11) is 0. The van der Waals surface area contributed by atoms with Crippen molar-refractivity contribution in [2.45, 2.75) is 32.1 Å². The second kappa shape index (κ2) is 6.43. The summed E-state index contributed by atoms with van der Waals surface area (Å²) in [5.41, 5.74) is 3.71. The maximum Gasteiger partial charge on any atom is 0.227 e. The van der Waals surface area contributed by atoms with Crippen LogP contribution in [0.1, 0.15) is 32.1 Å². The average Bonchev–Trinajstić information content (AvgIpc) is 3.06. The lowest BCUT2D eigenvalue weighted by molar-refractivity contribution is -0.120. The minimum Gasteiger partial charge on any atom is -0.326 e. The molecule has 1 aromatic carbocycles. The summed E-state index contributed by atoms with van der Waals surface area (Å²) < 4.78 is 2.01. The molecular formula is C19H20N4O. The summed E-state index contributed by atoms with van der Waals surface area (Å²) in [5, 5.41) is 3.08. The molecule has 4 rings (SSSR count). The van der Waals surface area contributed by atoms with Gasteiger partial charge in [-0.05, 0) is 43.2 Å². The molecular weight excluding hydrogens is 300 g/mol. The maximum absolute atomic E-state index is 12.5. The summed E-state index contributed by atoms with van der Waals surface area (Å²) in [6.45, 7) is 0.